The van der Waals surface area contributed by atoms with Crippen molar-refractivity contribution in [3.63, 3.8) is 0 Å². The summed E-state index contributed by atoms with van der Waals surface area (Å²) in [5.74, 6) is -1.08. The van der Waals surface area contributed by atoms with E-state index in [2.05, 4.69) is 16.9 Å². The van der Waals surface area contributed by atoms with Crippen molar-refractivity contribution in [1.29, 1.82) is 0 Å². The maximum absolute atomic E-state index is 12.6. The molecule has 0 bridgehead atoms. The molecule has 2 heterocycles. The van der Waals surface area contributed by atoms with Crippen LogP contribution in [-0.4, -0.2) is 47.3 Å². The molecule has 0 saturated heterocycles. The van der Waals surface area contributed by atoms with E-state index in [1.165, 1.54) is 16.8 Å². The fourth-order valence-electron chi connectivity index (χ4n) is 3.19. The molecule has 0 unspecified atom stereocenters. The molecule has 0 spiro atoms. The Hall–Kier alpha value is -3.68. The summed E-state index contributed by atoms with van der Waals surface area (Å²) in [5.41, 5.74) is 1.70. The van der Waals surface area contributed by atoms with Gasteiger partial charge >= 0.3 is 12.1 Å². The first-order valence-electron chi connectivity index (χ1n) is 9.18. The number of rotatable bonds is 6. The minimum Gasteiger partial charge on any atom is -0.465 e. The lowest BCUT2D eigenvalue weighted by Gasteiger charge is -2.09. The Morgan fingerprint density at radius 3 is 2.55 bits per heavy atom. The third kappa shape index (κ3) is 3.69. The molecule has 150 valence electrons. The molecule has 2 aromatic heterocycles. The van der Waals surface area contributed by atoms with Gasteiger partial charge in [-0.2, -0.15) is 0 Å². The number of benzene rings is 1. The molecule has 8 nitrogen and oxygen atoms in total. The van der Waals surface area contributed by atoms with Crippen LogP contribution >= 0.6 is 0 Å². The van der Waals surface area contributed by atoms with Crippen LogP contribution in [0.25, 0.3) is 27.9 Å². The van der Waals surface area contributed by atoms with Crippen LogP contribution in [0.1, 0.15) is 29.9 Å². The first-order valence-corrected chi connectivity index (χ1v) is 9.18. The second-order valence-electron chi connectivity index (χ2n) is 6.02. The molecule has 3 aromatic rings. The molecule has 1 aromatic carbocycles. The molecule has 3 rings (SSSR count). The first kappa shape index (κ1) is 20.1. The van der Waals surface area contributed by atoms with Crippen molar-refractivity contribution in [3.05, 3.63) is 48.3 Å². The summed E-state index contributed by atoms with van der Waals surface area (Å²) in [6, 6.07) is 7.29. The number of aromatic nitrogens is 2. The summed E-state index contributed by atoms with van der Waals surface area (Å²) in [7, 11) is 0. The predicted octanol–water partition coefficient (Wildman–Crippen LogP) is 3.13. The van der Waals surface area contributed by atoms with Crippen molar-refractivity contribution < 1.29 is 23.9 Å². The Labute approximate surface area is 167 Å². The van der Waals surface area contributed by atoms with E-state index in [-0.39, 0.29) is 25.5 Å². The molecule has 0 radical (unpaired) electrons. The molecule has 29 heavy (non-hydrogen) atoms. The normalized spacial score (nSPS) is 10.7. The van der Waals surface area contributed by atoms with Gasteiger partial charge in [0.2, 0.25) is 0 Å². The van der Waals surface area contributed by atoms with Crippen LogP contribution in [-0.2, 0) is 14.3 Å². The van der Waals surface area contributed by atoms with E-state index in [0.29, 0.717) is 22.0 Å². The van der Waals surface area contributed by atoms with E-state index in [0.717, 1.165) is 5.39 Å². The molecular weight excluding hydrogens is 374 g/mol. The SMILES string of the molecule is C=Cc1c(C(=O)NCC(=O)OCC)ncc2c1c1ccccc1n2C(=O)OCC. The van der Waals surface area contributed by atoms with E-state index >= 15 is 0 Å². The molecule has 0 fully saturated rings. The van der Waals surface area contributed by atoms with E-state index < -0.39 is 18.0 Å². The van der Waals surface area contributed by atoms with Crippen LogP contribution in [0.15, 0.2) is 37.0 Å². The maximum atomic E-state index is 12.6. The van der Waals surface area contributed by atoms with Crippen molar-refractivity contribution >= 4 is 45.9 Å². The van der Waals surface area contributed by atoms with E-state index in [4.69, 9.17) is 9.47 Å². The lowest BCUT2D eigenvalue weighted by Crippen LogP contribution is -2.31. The predicted molar refractivity (Wildman–Crippen MR) is 109 cm³/mol. The van der Waals surface area contributed by atoms with Gasteiger partial charge in [0.05, 0.1) is 30.4 Å². The van der Waals surface area contributed by atoms with Crippen LogP contribution in [0.2, 0.25) is 0 Å². The van der Waals surface area contributed by atoms with Gasteiger partial charge in [-0.15, -0.1) is 0 Å². The van der Waals surface area contributed by atoms with E-state index in [1.54, 1.807) is 19.9 Å². The average molecular weight is 395 g/mol. The number of esters is 1. The Kier molecular flexibility index (Phi) is 5.92. The number of pyridine rings is 1. The lowest BCUT2D eigenvalue weighted by molar-refractivity contribution is -0.141. The number of hydrogen-bond donors (Lipinski definition) is 1. The lowest BCUT2D eigenvalue weighted by atomic mass is 10.0. The number of fused-ring (bicyclic) bond motifs is 3. The Balaban J connectivity index is 2.15. The van der Waals surface area contributed by atoms with Gasteiger partial charge in [0.1, 0.15) is 12.2 Å². The summed E-state index contributed by atoms with van der Waals surface area (Å²) < 4.78 is 11.4. The van der Waals surface area contributed by atoms with Crippen molar-refractivity contribution in [1.82, 2.24) is 14.9 Å². The third-order valence-corrected chi connectivity index (χ3v) is 4.32. The van der Waals surface area contributed by atoms with E-state index in [1.807, 2.05) is 18.2 Å². The fraction of sp³-hybridized carbons (Fsp3) is 0.238. The van der Waals surface area contributed by atoms with Crippen LogP contribution in [0.5, 0.6) is 0 Å². The Morgan fingerprint density at radius 1 is 1.14 bits per heavy atom. The average Bonchev–Trinajstić information content (AvgIpc) is 3.06. The standard InChI is InChI=1S/C21H21N3O5/c1-4-13-18-14-9-7-8-10-15(14)24(21(27)29-6-3)16(18)11-22-19(13)20(26)23-12-17(25)28-5-2/h4,7-11H,1,5-6,12H2,2-3H3,(H,23,26). The molecule has 0 atom stereocenters. The topological polar surface area (TPSA) is 99.5 Å². The van der Waals surface area contributed by atoms with Gasteiger partial charge in [-0.1, -0.05) is 30.9 Å². The summed E-state index contributed by atoms with van der Waals surface area (Å²) in [6.45, 7) is 7.40. The first-order chi connectivity index (χ1) is 14.0. The highest BCUT2D eigenvalue weighted by atomic mass is 16.5. The summed E-state index contributed by atoms with van der Waals surface area (Å²) >= 11 is 0. The van der Waals surface area contributed by atoms with Crippen LogP contribution in [0.4, 0.5) is 4.79 Å². The number of nitrogens with one attached hydrogen (secondary N) is 1. The van der Waals surface area contributed by atoms with Crippen LogP contribution < -0.4 is 5.32 Å². The highest BCUT2D eigenvalue weighted by Gasteiger charge is 2.23. The van der Waals surface area contributed by atoms with Gasteiger partial charge < -0.3 is 14.8 Å². The van der Waals surface area contributed by atoms with Crippen molar-refractivity contribution in [2.75, 3.05) is 19.8 Å². The second kappa shape index (κ2) is 8.55. The second-order valence-corrected chi connectivity index (χ2v) is 6.02. The monoisotopic (exact) mass is 395 g/mol. The van der Waals surface area contributed by atoms with Gasteiger partial charge in [0, 0.05) is 16.3 Å². The van der Waals surface area contributed by atoms with E-state index in [9.17, 15) is 14.4 Å². The van der Waals surface area contributed by atoms with Crippen LogP contribution in [0.3, 0.4) is 0 Å². The zero-order valence-corrected chi connectivity index (χ0v) is 16.2. The van der Waals surface area contributed by atoms with Gasteiger partial charge in [0.25, 0.3) is 5.91 Å². The highest BCUT2D eigenvalue weighted by Crippen LogP contribution is 2.33. The molecule has 1 amide bonds. The van der Waals surface area contributed by atoms with Crippen LogP contribution in [0, 0.1) is 0 Å². The van der Waals surface area contributed by atoms with Gasteiger partial charge in [-0.3, -0.25) is 9.59 Å². The minimum atomic E-state index is -0.541. The third-order valence-electron chi connectivity index (χ3n) is 4.32. The van der Waals surface area contributed by atoms with Crippen molar-refractivity contribution in [3.8, 4) is 0 Å². The fourth-order valence-corrected chi connectivity index (χ4v) is 3.19. The molecule has 0 saturated carbocycles. The number of nitrogens with zero attached hydrogens (tertiary/aromatic N) is 2. The smallest absolute Gasteiger partial charge is 0.419 e. The Bertz CT molecular complexity index is 1120. The maximum Gasteiger partial charge on any atom is 0.419 e. The Morgan fingerprint density at radius 2 is 1.86 bits per heavy atom. The van der Waals surface area contributed by atoms with Crippen molar-refractivity contribution in [2.45, 2.75) is 13.8 Å². The molecule has 0 aliphatic carbocycles. The molecule has 0 aliphatic rings. The molecular formula is C21H21N3O5. The summed E-state index contributed by atoms with van der Waals surface area (Å²) in [5, 5.41) is 3.91. The largest absolute Gasteiger partial charge is 0.465 e. The van der Waals surface area contributed by atoms with Gasteiger partial charge in [-0.25, -0.2) is 14.3 Å². The number of hydrogen-bond acceptors (Lipinski definition) is 6. The highest BCUT2D eigenvalue weighted by molar-refractivity contribution is 6.17. The minimum absolute atomic E-state index is 0.101. The van der Waals surface area contributed by atoms with Crippen molar-refractivity contribution in [2.24, 2.45) is 0 Å². The van der Waals surface area contributed by atoms with Gasteiger partial charge in [0.15, 0.2) is 0 Å². The number of carbonyl (C=O) groups excluding carboxylic acids is 3. The van der Waals surface area contributed by atoms with Gasteiger partial charge in [-0.05, 0) is 19.9 Å². The summed E-state index contributed by atoms with van der Waals surface area (Å²) in [4.78, 5) is 40.9. The number of carbonyl (C=O) groups is 3. The zero-order chi connectivity index (χ0) is 21.0. The molecule has 0 aliphatic heterocycles. The quantitative estimate of drug-likeness (QED) is 0.644. The number of amides is 1. The number of ether oxygens (including phenoxy) is 2. The molecule has 8 heteroatoms. The number of para-hydroxylation sites is 1. The molecule has 1 N–H and O–H groups in total. The zero-order valence-electron chi connectivity index (χ0n) is 16.2. The summed E-state index contributed by atoms with van der Waals surface area (Å²) in [6.07, 6.45) is 2.42.